The maximum atomic E-state index is 5.50. The van der Waals surface area contributed by atoms with Gasteiger partial charge < -0.3 is 14.8 Å². The number of nitrogens with one attached hydrogen (secondary N) is 1. The highest BCUT2D eigenvalue weighted by atomic mass is 16.7. The Morgan fingerprint density at radius 3 is 2.67 bits per heavy atom. The Labute approximate surface area is 125 Å². The zero-order valence-corrected chi connectivity index (χ0v) is 13.2. The summed E-state index contributed by atoms with van der Waals surface area (Å²) in [6.45, 7) is 8.62. The molecule has 0 aromatic carbocycles. The van der Waals surface area contributed by atoms with Gasteiger partial charge in [-0.2, -0.15) is 5.10 Å². The van der Waals surface area contributed by atoms with E-state index in [4.69, 9.17) is 9.47 Å². The lowest BCUT2D eigenvalue weighted by molar-refractivity contribution is -0.133. The van der Waals surface area contributed by atoms with Crippen LogP contribution < -0.4 is 5.32 Å². The number of fused-ring (bicyclic) bond motifs is 1. The molecule has 6 nitrogen and oxygen atoms in total. The summed E-state index contributed by atoms with van der Waals surface area (Å²) >= 11 is 0. The fraction of sp³-hybridized carbons (Fsp3) is 0.600. The average molecular weight is 292 g/mol. The Morgan fingerprint density at radius 1 is 1.29 bits per heavy atom. The van der Waals surface area contributed by atoms with Crippen molar-refractivity contribution in [3.63, 3.8) is 0 Å². The minimum atomic E-state index is -0.197. The number of ether oxygens (including phenoxy) is 2. The third kappa shape index (κ3) is 4.00. The van der Waals surface area contributed by atoms with Gasteiger partial charge in [0, 0.05) is 44.9 Å². The molecule has 116 valence electrons. The van der Waals surface area contributed by atoms with Crippen LogP contribution in [0.1, 0.15) is 25.1 Å². The van der Waals surface area contributed by atoms with Gasteiger partial charge in [-0.05, 0) is 32.4 Å². The zero-order valence-electron chi connectivity index (χ0n) is 13.2. The Balaban J connectivity index is 1.95. The molecule has 2 heterocycles. The number of pyridine rings is 1. The molecule has 2 aromatic heterocycles. The summed E-state index contributed by atoms with van der Waals surface area (Å²) in [4.78, 5) is 4.47. The van der Waals surface area contributed by atoms with Crippen LogP contribution in [-0.4, -0.2) is 40.8 Å². The van der Waals surface area contributed by atoms with Crippen LogP contribution in [0.3, 0.4) is 0 Å². The van der Waals surface area contributed by atoms with E-state index in [0.29, 0.717) is 19.8 Å². The highest BCUT2D eigenvalue weighted by Gasteiger charge is 2.09. The average Bonchev–Trinajstić information content (AvgIpc) is 2.74. The first kappa shape index (κ1) is 15.9. The van der Waals surface area contributed by atoms with E-state index in [1.807, 2.05) is 38.7 Å². The monoisotopic (exact) mass is 292 g/mol. The van der Waals surface area contributed by atoms with Gasteiger partial charge in [0.1, 0.15) is 0 Å². The lowest BCUT2D eigenvalue weighted by Gasteiger charge is -2.17. The summed E-state index contributed by atoms with van der Waals surface area (Å²) in [5, 5.41) is 8.83. The molecule has 0 aliphatic carbocycles. The zero-order chi connectivity index (χ0) is 15.2. The fourth-order valence-electron chi connectivity index (χ4n) is 2.32. The Kier molecular flexibility index (Phi) is 5.67. The van der Waals surface area contributed by atoms with Crippen molar-refractivity contribution in [3.05, 3.63) is 23.5 Å². The van der Waals surface area contributed by atoms with Gasteiger partial charge in [-0.3, -0.25) is 4.68 Å². The Bertz CT molecular complexity index is 576. The van der Waals surface area contributed by atoms with Crippen molar-refractivity contribution in [2.24, 2.45) is 7.05 Å². The largest absolute Gasteiger partial charge is 0.352 e. The van der Waals surface area contributed by atoms with Crippen LogP contribution in [0.2, 0.25) is 0 Å². The molecule has 0 atom stereocenters. The molecule has 0 aliphatic heterocycles. The quantitative estimate of drug-likeness (QED) is 0.751. The number of hydrogen-bond acceptors (Lipinski definition) is 5. The number of rotatable bonds is 8. The molecular formula is C15H24N4O2. The molecule has 0 radical (unpaired) electrons. The van der Waals surface area contributed by atoms with E-state index in [1.165, 1.54) is 0 Å². The van der Waals surface area contributed by atoms with Crippen molar-refractivity contribution in [1.29, 1.82) is 0 Å². The summed E-state index contributed by atoms with van der Waals surface area (Å²) < 4.78 is 12.8. The molecule has 0 amide bonds. The van der Waals surface area contributed by atoms with Crippen LogP contribution in [0, 0.1) is 6.92 Å². The second-order valence-electron chi connectivity index (χ2n) is 4.89. The molecule has 0 saturated carbocycles. The topological polar surface area (TPSA) is 61.2 Å². The molecular weight excluding hydrogens is 268 g/mol. The van der Waals surface area contributed by atoms with E-state index in [0.717, 1.165) is 28.8 Å². The van der Waals surface area contributed by atoms with Crippen LogP contribution in [-0.2, 0) is 23.1 Å². The van der Waals surface area contributed by atoms with Gasteiger partial charge in [0.05, 0.1) is 5.69 Å². The second kappa shape index (κ2) is 7.49. The predicted octanol–water partition coefficient (Wildman–Crippen LogP) is 1.77. The Morgan fingerprint density at radius 2 is 2.00 bits per heavy atom. The number of aryl methyl sites for hydroxylation is 2. The van der Waals surface area contributed by atoms with E-state index in [9.17, 15) is 0 Å². The lowest BCUT2D eigenvalue weighted by Crippen LogP contribution is -2.31. The number of aromatic nitrogens is 3. The number of nitrogens with zero attached hydrogens (tertiary/aromatic N) is 3. The van der Waals surface area contributed by atoms with E-state index in [-0.39, 0.29) is 6.29 Å². The molecule has 0 aliphatic rings. The van der Waals surface area contributed by atoms with Crippen LogP contribution in [0.4, 0.5) is 0 Å². The molecule has 2 aromatic rings. The van der Waals surface area contributed by atoms with Crippen LogP contribution in [0.25, 0.3) is 11.0 Å². The Hall–Kier alpha value is -1.50. The van der Waals surface area contributed by atoms with Crippen molar-refractivity contribution in [1.82, 2.24) is 20.1 Å². The first-order valence-corrected chi connectivity index (χ1v) is 7.37. The van der Waals surface area contributed by atoms with E-state index in [2.05, 4.69) is 21.5 Å². The summed E-state index contributed by atoms with van der Waals surface area (Å²) in [5.74, 6) is 0. The van der Waals surface area contributed by atoms with Crippen LogP contribution in [0.5, 0.6) is 0 Å². The first-order chi connectivity index (χ1) is 10.2. The molecule has 0 unspecified atom stereocenters. The van der Waals surface area contributed by atoms with Gasteiger partial charge in [0.25, 0.3) is 0 Å². The summed E-state index contributed by atoms with van der Waals surface area (Å²) in [6, 6.07) is 2.13. The highest BCUT2D eigenvalue weighted by molar-refractivity contribution is 5.78. The molecule has 0 fully saturated rings. The molecule has 1 N–H and O–H groups in total. The highest BCUT2D eigenvalue weighted by Crippen LogP contribution is 2.16. The number of hydrogen-bond donors (Lipinski definition) is 1. The summed E-state index contributed by atoms with van der Waals surface area (Å²) in [6.07, 6.45) is 1.68. The molecule has 0 bridgehead atoms. The smallest absolute Gasteiger partial charge is 0.169 e. The van der Waals surface area contributed by atoms with Crippen LogP contribution in [0.15, 0.2) is 12.3 Å². The molecule has 0 spiro atoms. The normalized spacial score (nSPS) is 11.7. The van der Waals surface area contributed by atoms with Crippen molar-refractivity contribution < 1.29 is 9.47 Å². The van der Waals surface area contributed by atoms with Crippen molar-refractivity contribution in [2.75, 3.05) is 19.8 Å². The van der Waals surface area contributed by atoms with Crippen molar-refractivity contribution in [3.8, 4) is 0 Å². The van der Waals surface area contributed by atoms with Gasteiger partial charge in [-0.1, -0.05) is 0 Å². The van der Waals surface area contributed by atoms with Crippen molar-refractivity contribution in [2.45, 2.75) is 33.6 Å². The lowest BCUT2D eigenvalue weighted by atomic mass is 10.2. The van der Waals surface area contributed by atoms with E-state index >= 15 is 0 Å². The summed E-state index contributed by atoms with van der Waals surface area (Å²) in [5.41, 5.74) is 3.05. The van der Waals surface area contributed by atoms with E-state index in [1.54, 1.807) is 0 Å². The third-order valence-corrected chi connectivity index (χ3v) is 3.26. The SMILES string of the molecule is CCOC(CNCc1cnc2c(c1)c(C)nn2C)OCC. The van der Waals surface area contributed by atoms with Gasteiger partial charge >= 0.3 is 0 Å². The minimum absolute atomic E-state index is 0.197. The maximum absolute atomic E-state index is 5.50. The molecule has 0 saturated heterocycles. The molecule has 21 heavy (non-hydrogen) atoms. The van der Waals surface area contributed by atoms with Gasteiger partial charge in [0.2, 0.25) is 0 Å². The summed E-state index contributed by atoms with van der Waals surface area (Å²) in [7, 11) is 1.91. The van der Waals surface area contributed by atoms with Gasteiger partial charge in [0.15, 0.2) is 11.9 Å². The van der Waals surface area contributed by atoms with Gasteiger partial charge in [-0.15, -0.1) is 0 Å². The maximum Gasteiger partial charge on any atom is 0.169 e. The van der Waals surface area contributed by atoms with E-state index < -0.39 is 0 Å². The standard InChI is InChI=1S/C15H24N4O2/c1-5-20-14(21-6-2)10-16-8-12-7-13-11(3)18-19(4)15(13)17-9-12/h7,9,14,16H,5-6,8,10H2,1-4H3. The second-order valence-corrected chi connectivity index (χ2v) is 4.89. The minimum Gasteiger partial charge on any atom is -0.352 e. The predicted molar refractivity (Wildman–Crippen MR) is 82.0 cm³/mol. The molecule has 6 heteroatoms. The first-order valence-electron chi connectivity index (χ1n) is 7.37. The van der Waals surface area contributed by atoms with Crippen molar-refractivity contribution >= 4 is 11.0 Å². The fourth-order valence-corrected chi connectivity index (χ4v) is 2.32. The van der Waals surface area contributed by atoms with Gasteiger partial charge in [-0.25, -0.2) is 4.98 Å². The van der Waals surface area contributed by atoms with Crippen LogP contribution >= 0.6 is 0 Å². The molecule has 2 rings (SSSR count). The third-order valence-electron chi connectivity index (χ3n) is 3.26.